The van der Waals surface area contributed by atoms with Crippen molar-refractivity contribution in [3.05, 3.63) is 42.2 Å². The summed E-state index contributed by atoms with van der Waals surface area (Å²) in [6, 6.07) is 7.35. The largest absolute Gasteiger partial charge is 0.347 e. The van der Waals surface area contributed by atoms with E-state index in [0.717, 1.165) is 5.56 Å². The van der Waals surface area contributed by atoms with E-state index in [1.165, 1.54) is 0 Å². The molecule has 1 aromatic carbocycles. The van der Waals surface area contributed by atoms with Crippen LogP contribution in [0.4, 0.5) is 5.69 Å². The smallest absolute Gasteiger partial charge is 0.255 e. The van der Waals surface area contributed by atoms with Crippen molar-refractivity contribution in [3.8, 4) is 11.3 Å². The van der Waals surface area contributed by atoms with Gasteiger partial charge in [-0.15, -0.1) is 0 Å². The molecule has 9 heteroatoms. The van der Waals surface area contributed by atoms with Gasteiger partial charge in [-0.3, -0.25) is 19.5 Å². The van der Waals surface area contributed by atoms with Gasteiger partial charge in [0.2, 0.25) is 5.91 Å². The van der Waals surface area contributed by atoms with Crippen LogP contribution in [0.25, 0.3) is 22.4 Å². The highest BCUT2D eigenvalue weighted by molar-refractivity contribution is 6.05. The first-order valence-electron chi connectivity index (χ1n) is 10.3. The number of aromatic amines is 1. The SMILES string of the molecule is CN(C)CN=CCC(=O)Nc1cccc(-c2cnc3[nH]cc(C(=O)NC(C)(C)C)c3n2)c1. The molecule has 0 bridgehead atoms. The molecule has 3 aromatic rings. The maximum Gasteiger partial charge on any atom is 0.255 e. The Morgan fingerprint density at radius 3 is 2.75 bits per heavy atom. The number of carbonyl (C=O) groups excluding carboxylic acids is 2. The van der Waals surface area contributed by atoms with Crippen molar-refractivity contribution >= 4 is 34.9 Å². The van der Waals surface area contributed by atoms with Crippen LogP contribution in [-0.4, -0.2) is 64.2 Å². The van der Waals surface area contributed by atoms with Crippen LogP contribution in [-0.2, 0) is 4.79 Å². The fourth-order valence-corrected chi connectivity index (χ4v) is 2.95. The van der Waals surface area contributed by atoms with Crippen molar-refractivity contribution in [1.82, 2.24) is 25.2 Å². The van der Waals surface area contributed by atoms with E-state index in [9.17, 15) is 9.59 Å². The van der Waals surface area contributed by atoms with Crippen LogP contribution in [0, 0.1) is 0 Å². The van der Waals surface area contributed by atoms with E-state index in [2.05, 4.69) is 30.6 Å². The van der Waals surface area contributed by atoms with Crippen molar-refractivity contribution in [3.63, 3.8) is 0 Å². The molecule has 0 aliphatic carbocycles. The van der Waals surface area contributed by atoms with E-state index in [-0.39, 0.29) is 23.8 Å². The van der Waals surface area contributed by atoms with Crippen molar-refractivity contribution in [2.75, 3.05) is 26.1 Å². The normalized spacial score (nSPS) is 11.9. The molecule has 0 spiro atoms. The van der Waals surface area contributed by atoms with Gasteiger partial charge in [-0.1, -0.05) is 12.1 Å². The molecule has 0 aliphatic heterocycles. The number of carbonyl (C=O) groups is 2. The Labute approximate surface area is 187 Å². The van der Waals surface area contributed by atoms with Gasteiger partial charge in [-0.2, -0.15) is 0 Å². The molecule has 0 aliphatic rings. The Hall–Kier alpha value is -3.59. The topological polar surface area (TPSA) is 115 Å². The number of nitrogens with one attached hydrogen (secondary N) is 3. The van der Waals surface area contributed by atoms with E-state index < -0.39 is 0 Å². The molecule has 3 rings (SSSR count). The number of hydrogen-bond acceptors (Lipinski definition) is 6. The molecule has 2 aromatic heterocycles. The van der Waals surface area contributed by atoms with Gasteiger partial charge < -0.3 is 15.6 Å². The second-order valence-corrected chi connectivity index (χ2v) is 8.78. The standard InChI is InChI=1S/C23H29N7O2/c1-23(2,3)29-22(32)17-12-25-21-20(17)28-18(13-26-21)15-7-6-8-16(11-15)27-19(31)9-10-24-14-30(4)5/h6-8,10-13H,9,14H2,1-5H3,(H,25,26)(H,27,31)(H,29,32). The number of hydrogen-bond donors (Lipinski definition) is 3. The number of fused-ring (bicyclic) bond motifs is 1. The molecule has 32 heavy (non-hydrogen) atoms. The van der Waals surface area contributed by atoms with Crippen molar-refractivity contribution in [2.45, 2.75) is 32.7 Å². The monoisotopic (exact) mass is 435 g/mol. The Kier molecular flexibility index (Phi) is 6.99. The third-order valence-corrected chi connectivity index (χ3v) is 4.33. The predicted octanol–water partition coefficient (Wildman–Crippen LogP) is 3.07. The zero-order valence-corrected chi connectivity index (χ0v) is 19.1. The highest BCUT2D eigenvalue weighted by Crippen LogP contribution is 2.24. The van der Waals surface area contributed by atoms with Gasteiger partial charge in [0.05, 0.1) is 30.5 Å². The Morgan fingerprint density at radius 1 is 1.25 bits per heavy atom. The maximum absolute atomic E-state index is 12.6. The summed E-state index contributed by atoms with van der Waals surface area (Å²) in [5, 5.41) is 5.81. The van der Waals surface area contributed by atoms with Crippen molar-refractivity contribution in [1.29, 1.82) is 0 Å². The number of rotatable bonds is 7. The minimum atomic E-state index is -0.366. The van der Waals surface area contributed by atoms with Crippen LogP contribution in [0.2, 0.25) is 0 Å². The quantitative estimate of drug-likeness (QED) is 0.493. The molecule has 0 atom stereocenters. The van der Waals surface area contributed by atoms with Crippen LogP contribution in [0.3, 0.4) is 0 Å². The number of aliphatic imine (C=N–C) groups is 1. The van der Waals surface area contributed by atoms with Crippen LogP contribution in [0.1, 0.15) is 37.6 Å². The first-order chi connectivity index (χ1) is 15.1. The molecule has 9 nitrogen and oxygen atoms in total. The lowest BCUT2D eigenvalue weighted by Gasteiger charge is -2.20. The maximum atomic E-state index is 12.6. The highest BCUT2D eigenvalue weighted by Gasteiger charge is 2.20. The molecule has 0 unspecified atom stereocenters. The molecule has 2 amide bonds. The minimum Gasteiger partial charge on any atom is -0.347 e. The van der Waals surface area contributed by atoms with E-state index >= 15 is 0 Å². The van der Waals surface area contributed by atoms with Gasteiger partial charge in [-0.05, 0) is 47.0 Å². The molecule has 2 heterocycles. The molecule has 0 saturated heterocycles. The summed E-state index contributed by atoms with van der Waals surface area (Å²) in [4.78, 5) is 43.0. The zero-order valence-electron chi connectivity index (χ0n) is 19.1. The Bertz CT molecular complexity index is 1140. The van der Waals surface area contributed by atoms with Gasteiger partial charge in [0.15, 0.2) is 5.65 Å². The summed E-state index contributed by atoms with van der Waals surface area (Å²) in [5.41, 5.74) is 3.13. The lowest BCUT2D eigenvalue weighted by molar-refractivity contribution is -0.115. The molecular formula is C23H29N7O2. The van der Waals surface area contributed by atoms with Gasteiger partial charge >= 0.3 is 0 Å². The van der Waals surface area contributed by atoms with E-state index in [1.807, 2.05) is 64.0 Å². The second-order valence-electron chi connectivity index (χ2n) is 8.78. The summed E-state index contributed by atoms with van der Waals surface area (Å²) >= 11 is 0. The van der Waals surface area contributed by atoms with Gasteiger partial charge in [-0.25, -0.2) is 9.97 Å². The van der Waals surface area contributed by atoms with Crippen LogP contribution in [0.15, 0.2) is 41.7 Å². The summed E-state index contributed by atoms with van der Waals surface area (Å²) in [7, 11) is 3.83. The summed E-state index contributed by atoms with van der Waals surface area (Å²) < 4.78 is 0. The second kappa shape index (κ2) is 9.69. The number of amides is 2. The van der Waals surface area contributed by atoms with Gasteiger partial charge in [0.25, 0.3) is 5.91 Å². The molecular weight excluding hydrogens is 406 g/mol. The van der Waals surface area contributed by atoms with Crippen LogP contribution in [0.5, 0.6) is 0 Å². The lowest BCUT2D eigenvalue weighted by Crippen LogP contribution is -2.40. The average molecular weight is 436 g/mol. The number of aromatic nitrogens is 3. The summed E-state index contributed by atoms with van der Waals surface area (Å²) in [5.74, 6) is -0.370. The number of H-pyrrole nitrogens is 1. The number of benzene rings is 1. The minimum absolute atomic E-state index is 0.155. The van der Waals surface area contributed by atoms with Crippen LogP contribution < -0.4 is 10.6 Å². The Balaban J connectivity index is 1.79. The predicted molar refractivity (Wildman–Crippen MR) is 127 cm³/mol. The first kappa shape index (κ1) is 23.1. The van der Waals surface area contributed by atoms with Crippen molar-refractivity contribution < 1.29 is 9.59 Å². The highest BCUT2D eigenvalue weighted by atomic mass is 16.2. The summed E-state index contributed by atoms with van der Waals surface area (Å²) in [6.45, 7) is 6.30. The van der Waals surface area contributed by atoms with Crippen LogP contribution >= 0.6 is 0 Å². The fraction of sp³-hybridized carbons (Fsp3) is 0.348. The molecule has 168 valence electrons. The van der Waals surface area contributed by atoms with Crippen molar-refractivity contribution in [2.24, 2.45) is 4.99 Å². The third-order valence-electron chi connectivity index (χ3n) is 4.33. The van der Waals surface area contributed by atoms with E-state index in [0.29, 0.717) is 34.8 Å². The molecule has 0 radical (unpaired) electrons. The van der Waals surface area contributed by atoms with E-state index in [4.69, 9.17) is 0 Å². The average Bonchev–Trinajstić information content (AvgIpc) is 3.13. The molecule has 0 saturated carbocycles. The zero-order chi connectivity index (χ0) is 23.3. The fourth-order valence-electron chi connectivity index (χ4n) is 2.95. The lowest BCUT2D eigenvalue weighted by atomic mass is 10.1. The first-order valence-corrected chi connectivity index (χ1v) is 10.3. The Morgan fingerprint density at radius 2 is 2.03 bits per heavy atom. The number of nitrogens with zero attached hydrogens (tertiary/aromatic N) is 4. The molecule has 3 N–H and O–H groups in total. The van der Waals surface area contributed by atoms with E-state index in [1.54, 1.807) is 18.6 Å². The summed E-state index contributed by atoms with van der Waals surface area (Å²) in [6.07, 6.45) is 5.05. The van der Waals surface area contributed by atoms with Gasteiger partial charge in [0.1, 0.15) is 5.52 Å². The molecule has 0 fully saturated rings. The number of anilines is 1. The third kappa shape index (κ3) is 6.21. The van der Waals surface area contributed by atoms with Gasteiger partial charge in [0, 0.05) is 29.2 Å².